The van der Waals surface area contributed by atoms with E-state index < -0.39 is 0 Å². The van der Waals surface area contributed by atoms with Crippen LogP contribution in [-0.2, 0) is 6.54 Å². The molecule has 0 aromatic carbocycles. The summed E-state index contributed by atoms with van der Waals surface area (Å²) in [6.07, 6.45) is 6.98. The second-order valence-corrected chi connectivity index (χ2v) is 3.25. The first-order chi connectivity index (χ1) is 6.75. The smallest absolute Gasteiger partial charge is 0.198 e. The molecule has 3 N–H and O–H groups in total. The SMILES string of the molecule is Nc1[nH]c(=S)ncc1Cn1ccnc1. The van der Waals surface area contributed by atoms with Gasteiger partial charge in [0.05, 0.1) is 12.9 Å². The summed E-state index contributed by atoms with van der Waals surface area (Å²) in [4.78, 5) is 10.7. The summed E-state index contributed by atoms with van der Waals surface area (Å²) in [5.41, 5.74) is 6.64. The normalized spacial score (nSPS) is 10.3. The van der Waals surface area contributed by atoms with Crippen molar-refractivity contribution in [2.24, 2.45) is 0 Å². The van der Waals surface area contributed by atoms with Gasteiger partial charge < -0.3 is 15.3 Å². The molecule has 0 fully saturated rings. The lowest BCUT2D eigenvalue weighted by atomic mass is 10.3. The number of rotatable bonds is 2. The maximum atomic E-state index is 5.74. The van der Waals surface area contributed by atoms with Crippen molar-refractivity contribution < 1.29 is 0 Å². The number of nitrogens with zero attached hydrogens (tertiary/aromatic N) is 3. The molecule has 72 valence electrons. The number of nitrogens with two attached hydrogens (primary N) is 1. The molecule has 0 saturated carbocycles. The molecular weight excluding hydrogens is 198 g/mol. The molecule has 0 aliphatic carbocycles. The number of hydrogen-bond acceptors (Lipinski definition) is 4. The van der Waals surface area contributed by atoms with Gasteiger partial charge in [-0.25, -0.2) is 9.97 Å². The lowest BCUT2D eigenvalue weighted by Crippen LogP contribution is -2.04. The Morgan fingerprint density at radius 2 is 2.43 bits per heavy atom. The Morgan fingerprint density at radius 1 is 1.57 bits per heavy atom. The van der Waals surface area contributed by atoms with Crippen molar-refractivity contribution in [2.45, 2.75) is 6.54 Å². The van der Waals surface area contributed by atoms with Gasteiger partial charge in [-0.2, -0.15) is 0 Å². The molecule has 0 aliphatic heterocycles. The summed E-state index contributed by atoms with van der Waals surface area (Å²) in [5.74, 6) is 0.554. The molecule has 5 nitrogen and oxygen atoms in total. The van der Waals surface area contributed by atoms with Gasteiger partial charge in [-0.05, 0) is 12.2 Å². The first-order valence-electron chi connectivity index (χ1n) is 4.05. The van der Waals surface area contributed by atoms with Crippen molar-refractivity contribution in [1.82, 2.24) is 19.5 Å². The van der Waals surface area contributed by atoms with Crippen LogP contribution >= 0.6 is 12.2 Å². The van der Waals surface area contributed by atoms with Crippen molar-refractivity contribution in [3.63, 3.8) is 0 Å². The Kier molecular flexibility index (Phi) is 2.28. The number of H-pyrrole nitrogens is 1. The summed E-state index contributed by atoms with van der Waals surface area (Å²) >= 11 is 4.84. The molecule has 0 bridgehead atoms. The van der Waals surface area contributed by atoms with Crippen molar-refractivity contribution in [1.29, 1.82) is 0 Å². The van der Waals surface area contributed by atoms with Crippen molar-refractivity contribution in [3.05, 3.63) is 35.3 Å². The molecule has 6 heteroatoms. The zero-order valence-corrected chi connectivity index (χ0v) is 8.16. The molecule has 0 saturated heterocycles. The van der Waals surface area contributed by atoms with Gasteiger partial charge in [-0.1, -0.05) is 0 Å². The molecule has 2 aromatic heterocycles. The third-order valence-electron chi connectivity index (χ3n) is 1.84. The molecular formula is C8H9N5S. The standard InChI is InChI=1S/C8H9N5S/c9-7-6(3-11-8(14)12-7)4-13-2-1-10-5-13/h1-3,5H,4H2,(H3,9,11,12,14). The highest BCUT2D eigenvalue weighted by Gasteiger charge is 2.00. The number of nitrogen functional groups attached to an aromatic ring is 1. The highest BCUT2D eigenvalue weighted by atomic mass is 32.1. The third kappa shape index (κ3) is 1.80. The summed E-state index contributed by atoms with van der Waals surface area (Å²) in [5, 5.41) is 0. The van der Waals surface area contributed by atoms with Crippen LogP contribution in [0.2, 0.25) is 0 Å². The van der Waals surface area contributed by atoms with E-state index in [1.54, 1.807) is 18.7 Å². The van der Waals surface area contributed by atoms with Crippen LogP contribution in [0.3, 0.4) is 0 Å². The van der Waals surface area contributed by atoms with E-state index >= 15 is 0 Å². The van der Waals surface area contributed by atoms with E-state index in [0.717, 1.165) is 5.56 Å². The Labute approximate surface area is 85.6 Å². The van der Waals surface area contributed by atoms with E-state index in [2.05, 4.69) is 15.0 Å². The van der Waals surface area contributed by atoms with Crippen molar-refractivity contribution in [3.8, 4) is 0 Å². The van der Waals surface area contributed by atoms with Gasteiger partial charge in [0.15, 0.2) is 4.77 Å². The lowest BCUT2D eigenvalue weighted by molar-refractivity contribution is 0.789. The van der Waals surface area contributed by atoms with Crippen LogP contribution in [0.4, 0.5) is 5.82 Å². The van der Waals surface area contributed by atoms with E-state index in [-0.39, 0.29) is 0 Å². The zero-order chi connectivity index (χ0) is 9.97. The second kappa shape index (κ2) is 3.59. The van der Waals surface area contributed by atoms with E-state index in [9.17, 15) is 0 Å². The zero-order valence-electron chi connectivity index (χ0n) is 7.34. The average Bonchev–Trinajstić information content (AvgIpc) is 2.62. The largest absolute Gasteiger partial charge is 0.385 e. The summed E-state index contributed by atoms with van der Waals surface area (Å²) < 4.78 is 2.31. The van der Waals surface area contributed by atoms with Crippen molar-refractivity contribution in [2.75, 3.05) is 5.73 Å². The van der Waals surface area contributed by atoms with Gasteiger partial charge in [-0.3, -0.25) is 0 Å². The van der Waals surface area contributed by atoms with Crippen LogP contribution in [0.5, 0.6) is 0 Å². The second-order valence-electron chi connectivity index (χ2n) is 2.86. The highest BCUT2D eigenvalue weighted by molar-refractivity contribution is 7.71. The summed E-state index contributed by atoms with van der Waals surface area (Å²) in [7, 11) is 0. The van der Waals surface area contributed by atoms with Gasteiger partial charge in [0, 0.05) is 24.2 Å². The first kappa shape index (κ1) is 8.89. The highest BCUT2D eigenvalue weighted by Crippen LogP contribution is 2.07. The van der Waals surface area contributed by atoms with Crippen LogP contribution in [0.1, 0.15) is 5.56 Å². The molecule has 14 heavy (non-hydrogen) atoms. The maximum absolute atomic E-state index is 5.74. The number of nitrogens with one attached hydrogen (secondary N) is 1. The van der Waals surface area contributed by atoms with Crippen LogP contribution in [0, 0.1) is 4.77 Å². The molecule has 0 spiro atoms. The monoisotopic (exact) mass is 207 g/mol. The van der Waals surface area contributed by atoms with E-state index in [1.807, 2.05) is 10.8 Å². The molecule has 2 rings (SSSR count). The Balaban J connectivity index is 2.30. The van der Waals surface area contributed by atoms with Gasteiger partial charge in [0.2, 0.25) is 0 Å². The summed E-state index contributed by atoms with van der Waals surface area (Å²) in [6, 6.07) is 0. The quantitative estimate of drug-likeness (QED) is 0.720. The van der Waals surface area contributed by atoms with Crippen LogP contribution in [-0.4, -0.2) is 19.5 Å². The molecule has 2 aromatic rings. The van der Waals surface area contributed by atoms with Crippen LogP contribution in [0.15, 0.2) is 24.9 Å². The number of anilines is 1. The molecule has 0 unspecified atom stereocenters. The van der Waals surface area contributed by atoms with Gasteiger partial charge in [0.25, 0.3) is 0 Å². The molecule has 2 heterocycles. The minimum absolute atomic E-state index is 0.400. The lowest BCUT2D eigenvalue weighted by Gasteiger charge is -2.04. The number of aromatic nitrogens is 4. The molecule has 0 aliphatic rings. The predicted molar refractivity (Wildman–Crippen MR) is 55.2 cm³/mol. The Morgan fingerprint density at radius 3 is 3.07 bits per heavy atom. The predicted octanol–water partition coefficient (Wildman–Crippen LogP) is 0.966. The van der Waals surface area contributed by atoms with E-state index in [4.69, 9.17) is 18.0 Å². The molecule has 0 radical (unpaired) electrons. The fourth-order valence-electron chi connectivity index (χ4n) is 1.14. The van der Waals surface area contributed by atoms with E-state index in [0.29, 0.717) is 17.1 Å². The topological polar surface area (TPSA) is 72.5 Å². The molecule has 0 atom stereocenters. The first-order valence-corrected chi connectivity index (χ1v) is 4.46. The Bertz CT molecular complexity index is 473. The van der Waals surface area contributed by atoms with Gasteiger partial charge in [-0.15, -0.1) is 0 Å². The number of aromatic amines is 1. The fraction of sp³-hybridized carbons (Fsp3) is 0.125. The van der Waals surface area contributed by atoms with Gasteiger partial charge in [0.1, 0.15) is 5.82 Å². The minimum atomic E-state index is 0.400. The Hall–Kier alpha value is -1.69. The summed E-state index contributed by atoms with van der Waals surface area (Å²) in [6.45, 7) is 0.644. The van der Waals surface area contributed by atoms with Crippen LogP contribution in [0.25, 0.3) is 0 Å². The fourth-order valence-corrected chi connectivity index (χ4v) is 1.30. The van der Waals surface area contributed by atoms with Gasteiger partial charge >= 0.3 is 0 Å². The van der Waals surface area contributed by atoms with E-state index in [1.165, 1.54) is 0 Å². The number of imidazole rings is 1. The van der Waals surface area contributed by atoms with Crippen molar-refractivity contribution >= 4 is 18.0 Å². The number of hydrogen-bond donors (Lipinski definition) is 2. The minimum Gasteiger partial charge on any atom is -0.385 e. The molecule has 0 amide bonds. The maximum Gasteiger partial charge on any atom is 0.198 e. The van der Waals surface area contributed by atoms with Crippen LogP contribution < -0.4 is 5.73 Å². The average molecular weight is 207 g/mol. The third-order valence-corrected chi connectivity index (χ3v) is 2.04.